The summed E-state index contributed by atoms with van der Waals surface area (Å²) in [7, 11) is 0. The zero-order chi connectivity index (χ0) is 19.9. The number of nitrogens with zero attached hydrogens (tertiary/aromatic N) is 2. The molecule has 6 heteroatoms. The molecule has 1 saturated heterocycles. The van der Waals surface area contributed by atoms with E-state index in [2.05, 4.69) is 17.6 Å². The molecule has 1 atom stereocenters. The number of thiazole rings is 1. The number of benzene rings is 1. The van der Waals surface area contributed by atoms with Crippen molar-refractivity contribution < 1.29 is 9.59 Å². The van der Waals surface area contributed by atoms with Crippen molar-refractivity contribution in [2.24, 2.45) is 0 Å². The number of carbonyl (C=O) groups excluding carboxylic acids is 2. The van der Waals surface area contributed by atoms with Gasteiger partial charge in [-0.15, -0.1) is 11.3 Å². The molecule has 1 aromatic carbocycles. The normalized spacial score (nSPS) is 17.1. The zero-order valence-electron chi connectivity index (χ0n) is 16.5. The van der Waals surface area contributed by atoms with E-state index in [1.807, 2.05) is 35.2 Å². The van der Waals surface area contributed by atoms with Crippen molar-refractivity contribution in [2.45, 2.75) is 39.0 Å². The quantitative estimate of drug-likeness (QED) is 0.758. The van der Waals surface area contributed by atoms with Crippen LogP contribution in [-0.2, 0) is 16.0 Å². The first-order valence-electron chi connectivity index (χ1n) is 9.73. The number of likely N-dealkylation sites (tertiary alicyclic amines) is 1. The van der Waals surface area contributed by atoms with E-state index >= 15 is 0 Å². The van der Waals surface area contributed by atoms with Crippen LogP contribution in [0.25, 0.3) is 6.08 Å². The van der Waals surface area contributed by atoms with Gasteiger partial charge in [-0.05, 0) is 31.4 Å². The van der Waals surface area contributed by atoms with Gasteiger partial charge in [-0.25, -0.2) is 4.98 Å². The van der Waals surface area contributed by atoms with Crippen LogP contribution in [0.15, 0.2) is 35.7 Å². The van der Waals surface area contributed by atoms with E-state index in [4.69, 9.17) is 4.98 Å². The second-order valence-corrected chi connectivity index (χ2v) is 8.17. The van der Waals surface area contributed by atoms with Crippen LogP contribution in [0.5, 0.6) is 0 Å². The number of aryl methyl sites for hydroxylation is 1. The van der Waals surface area contributed by atoms with Crippen LogP contribution in [0.3, 0.4) is 0 Å². The van der Waals surface area contributed by atoms with Gasteiger partial charge in [0, 0.05) is 50.4 Å². The van der Waals surface area contributed by atoms with Gasteiger partial charge in [0.05, 0.1) is 10.7 Å². The van der Waals surface area contributed by atoms with Gasteiger partial charge in [0.2, 0.25) is 11.8 Å². The molecule has 0 spiro atoms. The lowest BCUT2D eigenvalue weighted by Gasteiger charge is -2.31. The summed E-state index contributed by atoms with van der Waals surface area (Å²) < 4.78 is 0. The third-order valence-electron chi connectivity index (χ3n) is 4.90. The highest BCUT2D eigenvalue weighted by atomic mass is 32.1. The summed E-state index contributed by atoms with van der Waals surface area (Å²) in [5, 5.41) is 5.96. The first-order valence-corrected chi connectivity index (χ1v) is 10.6. The molecule has 28 heavy (non-hydrogen) atoms. The lowest BCUT2D eigenvalue weighted by molar-refractivity contribution is -0.127. The number of hydrogen-bond acceptors (Lipinski definition) is 4. The summed E-state index contributed by atoms with van der Waals surface area (Å²) in [5.74, 6) is 0.341. The summed E-state index contributed by atoms with van der Waals surface area (Å²) in [4.78, 5) is 30.2. The summed E-state index contributed by atoms with van der Waals surface area (Å²) in [6.07, 6.45) is 6.35. The van der Waals surface area contributed by atoms with Crippen molar-refractivity contribution in [3.8, 4) is 0 Å². The fourth-order valence-corrected chi connectivity index (χ4v) is 4.30. The van der Waals surface area contributed by atoms with E-state index in [1.165, 1.54) is 12.5 Å². The van der Waals surface area contributed by atoms with Gasteiger partial charge in [0.1, 0.15) is 0 Å². The molecule has 0 bridgehead atoms. The van der Waals surface area contributed by atoms with Gasteiger partial charge in [-0.3, -0.25) is 9.59 Å². The summed E-state index contributed by atoms with van der Waals surface area (Å²) in [6.45, 7) is 5.70. The molecule has 2 amide bonds. The van der Waals surface area contributed by atoms with Crippen LogP contribution < -0.4 is 5.32 Å². The molecule has 0 saturated carbocycles. The summed E-state index contributed by atoms with van der Waals surface area (Å²) >= 11 is 1.66. The Hall–Kier alpha value is -2.47. The molecule has 1 aliphatic heterocycles. The Bertz CT molecular complexity index is 842. The molecule has 1 fully saturated rings. The van der Waals surface area contributed by atoms with Crippen LogP contribution in [-0.4, -0.2) is 41.3 Å². The SMILES string of the molecule is CC(=O)NCCc1csc(C2CCCN(C(=O)/C=C/c3ccc(C)cc3)C2)n1. The standard InChI is InChI=1S/C22H27N3O2S/c1-16-5-7-18(8-6-16)9-10-21(27)25-13-3-4-19(14-25)22-24-20(15-28-22)11-12-23-17(2)26/h5-10,15,19H,3-4,11-14H2,1-2H3,(H,23,26)/b10-9+. The number of nitrogens with one attached hydrogen (secondary N) is 1. The van der Waals surface area contributed by atoms with Gasteiger partial charge in [0.15, 0.2) is 0 Å². The molecule has 1 N–H and O–H groups in total. The number of rotatable bonds is 6. The van der Waals surface area contributed by atoms with E-state index in [-0.39, 0.29) is 11.8 Å². The van der Waals surface area contributed by atoms with E-state index in [0.29, 0.717) is 12.5 Å². The predicted octanol–water partition coefficient (Wildman–Crippen LogP) is 3.55. The molecule has 3 rings (SSSR count). The van der Waals surface area contributed by atoms with Gasteiger partial charge in [-0.1, -0.05) is 29.8 Å². The van der Waals surface area contributed by atoms with E-state index in [0.717, 1.165) is 48.6 Å². The van der Waals surface area contributed by atoms with E-state index in [9.17, 15) is 9.59 Å². The third kappa shape index (κ3) is 5.76. The second-order valence-electron chi connectivity index (χ2n) is 7.28. The molecule has 1 aliphatic rings. The Balaban J connectivity index is 1.56. The van der Waals surface area contributed by atoms with Gasteiger partial charge in [-0.2, -0.15) is 0 Å². The van der Waals surface area contributed by atoms with Gasteiger partial charge >= 0.3 is 0 Å². The molecule has 5 nitrogen and oxygen atoms in total. The Labute approximate surface area is 170 Å². The molecule has 1 aromatic heterocycles. The fourth-order valence-electron chi connectivity index (χ4n) is 3.32. The number of piperidine rings is 1. The van der Waals surface area contributed by atoms with Gasteiger partial charge in [0.25, 0.3) is 0 Å². The minimum absolute atomic E-state index is 0.0180. The maximum Gasteiger partial charge on any atom is 0.246 e. The van der Waals surface area contributed by atoms with Crippen molar-refractivity contribution in [2.75, 3.05) is 19.6 Å². The van der Waals surface area contributed by atoms with Crippen molar-refractivity contribution in [1.29, 1.82) is 0 Å². The van der Waals surface area contributed by atoms with Crippen molar-refractivity contribution in [1.82, 2.24) is 15.2 Å². The third-order valence-corrected chi connectivity index (χ3v) is 5.96. The van der Waals surface area contributed by atoms with Crippen LogP contribution in [0.1, 0.15) is 47.5 Å². The number of hydrogen-bond donors (Lipinski definition) is 1. The Morgan fingerprint density at radius 1 is 1.32 bits per heavy atom. The maximum atomic E-state index is 12.6. The first kappa shape index (κ1) is 20.3. The topological polar surface area (TPSA) is 62.3 Å². The highest BCUT2D eigenvalue weighted by molar-refractivity contribution is 7.09. The number of aromatic nitrogens is 1. The van der Waals surface area contributed by atoms with Crippen LogP contribution in [0, 0.1) is 6.92 Å². The largest absolute Gasteiger partial charge is 0.356 e. The van der Waals surface area contributed by atoms with Crippen LogP contribution >= 0.6 is 11.3 Å². The van der Waals surface area contributed by atoms with Crippen molar-refractivity contribution >= 4 is 29.2 Å². The first-order chi connectivity index (χ1) is 13.5. The van der Waals surface area contributed by atoms with E-state index in [1.54, 1.807) is 17.4 Å². The number of amides is 2. The highest BCUT2D eigenvalue weighted by Crippen LogP contribution is 2.29. The molecule has 148 valence electrons. The Morgan fingerprint density at radius 3 is 2.86 bits per heavy atom. The molecule has 2 aromatic rings. The minimum Gasteiger partial charge on any atom is -0.356 e. The lowest BCUT2D eigenvalue weighted by Crippen LogP contribution is -2.38. The lowest BCUT2D eigenvalue weighted by atomic mass is 9.98. The molecule has 0 aliphatic carbocycles. The van der Waals surface area contributed by atoms with Crippen LogP contribution in [0.4, 0.5) is 0 Å². The monoisotopic (exact) mass is 397 g/mol. The molecular weight excluding hydrogens is 370 g/mol. The maximum absolute atomic E-state index is 12.6. The average Bonchev–Trinajstić information content (AvgIpc) is 3.16. The van der Waals surface area contributed by atoms with E-state index < -0.39 is 0 Å². The van der Waals surface area contributed by atoms with Gasteiger partial charge < -0.3 is 10.2 Å². The summed E-state index contributed by atoms with van der Waals surface area (Å²) in [6, 6.07) is 8.15. The minimum atomic E-state index is -0.0180. The molecule has 1 unspecified atom stereocenters. The summed E-state index contributed by atoms with van der Waals surface area (Å²) in [5.41, 5.74) is 3.26. The Kier molecular flexibility index (Phi) is 6.98. The molecule has 2 heterocycles. The highest BCUT2D eigenvalue weighted by Gasteiger charge is 2.25. The van der Waals surface area contributed by atoms with Crippen molar-refractivity contribution in [3.05, 3.63) is 57.6 Å². The second kappa shape index (κ2) is 9.64. The van der Waals surface area contributed by atoms with Crippen LogP contribution in [0.2, 0.25) is 0 Å². The van der Waals surface area contributed by atoms with Crippen molar-refractivity contribution in [3.63, 3.8) is 0 Å². The predicted molar refractivity (Wildman–Crippen MR) is 113 cm³/mol. The Morgan fingerprint density at radius 2 is 2.11 bits per heavy atom. The average molecular weight is 398 g/mol. The fraction of sp³-hybridized carbons (Fsp3) is 0.409. The smallest absolute Gasteiger partial charge is 0.246 e. The molecule has 0 radical (unpaired) electrons. The number of carbonyl (C=O) groups is 2. The zero-order valence-corrected chi connectivity index (χ0v) is 17.3. The molecular formula is C22H27N3O2S.